The van der Waals surface area contributed by atoms with Crippen molar-refractivity contribution in [3.63, 3.8) is 0 Å². The van der Waals surface area contributed by atoms with Crippen LogP contribution in [-0.2, 0) is 0 Å². The third-order valence-corrected chi connectivity index (χ3v) is 4.41. The zero-order valence-electron chi connectivity index (χ0n) is 15.9. The molecule has 0 saturated carbocycles. The van der Waals surface area contributed by atoms with Crippen LogP contribution in [0.25, 0.3) is 5.69 Å². The molecule has 0 fully saturated rings. The van der Waals surface area contributed by atoms with Gasteiger partial charge in [-0.1, -0.05) is 6.07 Å². The molecule has 0 aliphatic heterocycles. The average Bonchev–Trinajstić information content (AvgIpc) is 3.06. The summed E-state index contributed by atoms with van der Waals surface area (Å²) in [5.41, 5.74) is 3.55. The minimum absolute atomic E-state index is 0.196. The van der Waals surface area contributed by atoms with E-state index in [9.17, 15) is 14.0 Å². The summed E-state index contributed by atoms with van der Waals surface area (Å²) in [5, 5.41) is 9.82. The van der Waals surface area contributed by atoms with Crippen molar-refractivity contribution in [2.75, 3.05) is 11.9 Å². The first-order chi connectivity index (χ1) is 13.4. The molecule has 0 aliphatic carbocycles. The van der Waals surface area contributed by atoms with Gasteiger partial charge in [0.2, 0.25) is 0 Å². The summed E-state index contributed by atoms with van der Waals surface area (Å²) in [6.07, 6.45) is 1.47. The molecule has 2 aromatic carbocycles. The number of anilines is 1. The topological polar surface area (TPSA) is 76.0 Å². The van der Waals surface area contributed by atoms with Gasteiger partial charge in [0, 0.05) is 17.8 Å². The summed E-state index contributed by atoms with van der Waals surface area (Å²) in [5.74, 6) is -0.866. The molecular weight excluding hydrogens is 359 g/mol. The lowest BCUT2D eigenvalue weighted by molar-refractivity contribution is 0.0954. The Balaban J connectivity index is 1.85. The van der Waals surface area contributed by atoms with E-state index < -0.39 is 0 Å². The van der Waals surface area contributed by atoms with Gasteiger partial charge >= 0.3 is 0 Å². The highest BCUT2D eigenvalue weighted by atomic mass is 19.1. The highest BCUT2D eigenvalue weighted by molar-refractivity contribution is 6.06. The molecule has 28 heavy (non-hydrogen) atoms. The van der Waals surface area contributed by atoms with Gasteiger partial charge in [-0.25, -0.2) is 9.07 Å². The van der Waals surface area contributed by atoms with Crippen LogP contribution in [0.2, 0.25) is 0 Å². The molecule has 3 rings (SSSR count). The Morgan fingerprint density at radius 1 is 1.07 bits per heavy atom. The molecular formula is C21H21FN4O2. The maximum Gasteiger partial charge on any atom is 0.259 e. The van der Waals surface area contributed by atoms with Crippen molar-refractivity contribution >= 4 is 17.5 Å². The van der Waals surface area contributed by atoms with Crippen LogP contribution < -0.4 is 10.6 Å². The third kappa shape index (κ3) is 3.93. The van der Waals surface area contributed by atoms with Crippen molar-refractivity contribution in [3.8, 4) is 5.69 Å². The molecule has 1 heterocycles. The summed E-state index contributed by atoms with van der Waals surface area (Å²) in [6, 6.07) is 11.0. The monoisotopic (exact) mass is 380 g/mol. The third-order valence-electron chi connectivity index (χ3n) is 4.41. The maximum absolute atomic E-state index is 13.1. The van der Waals surface area contributed by atoms with Gasteiger partial charge in [-0.2, -0.15) is 5.10 Å². The Morgan fingerprint density at radius 2 is 1.79 bits per heavy atom. The smallest absolute Gasteiger partial charge is 0.259 e. The van der Waals surface area contributed by atoms with Crippen molar-refractivity contribution in [2.45, 2.75) is 20.8 Å². The van der Waals surface area contributed by atoms with E-state index in [1.165, 1.54) is 18.3 Å². The van der Waals surface area contributed by atoms with Crippen LogP contribution in [0.4, 0.5) is 10.1 Å². The van der Waals surface area contributed by atoms with Gasteiger partial charge in [0.05, 0.1) is 23.1 Å². The minimum atomic E-state index is -0.339. The van der Waals surface area contributed by atoms with Gasteiger partial charge in [0.25, 0.3) is 11.8 Å². The fourth-order valence-electron chi connectivity index (χ4n) is 2.83. The average molecular weight is 380 g/mol. The number of amides is 2. The predicted molar refractivity (Wildman–Crippen MR) is 105 cm³/mol. The second-order valence-corrected chi connectivity index (χ2v) is 6.38. The second kappa shape index (κ2) is 8.04. The first kappa shape index (κ1) is 19.3. The van der Waals surface area contributed by atoms with E-state index in [2.05, 4.69) is 15.7 Å². The second-order valence-electron chi connectivity index (χ2n) is 6.38. The minimum Gasteiger partial charge on any atom is -0.352 e. The molecule has 2 N–H and O–H groups in total. The Labute approximate surface area is 162 Å². The zero-order valence-corrected chi connectivity index (χ0v) is 15.9. The van der Waals surface area contributed by atoms with E-state index in [0.717, 1.165) is 5.56 Å². The Kier molecular flexibility index (Phi) is 5.54. The number of nitrogens with zero attached hydrogens (tertiary/aromatic N) is 2. The molecule has 0 atom stereocenters. The predicted octanol–water partition coefficient (Wildman–Crippen LogP) is 3.63. The number of halogens is 1. The normalized spacial score (nSPS) is 10.6. The van der Waals surface area contributed by atoms with Gasteiger partial charge in [0.1, 0.15) is 5.82 Å². The summed E-state index contributed by atoms with van der Waals surface area (Å²) in [7, 11) is 0. The van der Waals surface area contributed by atoms with Gasteiger partial charge < -0.3 is 10.6 Å². The fourth-order valence-corrected chi connectivity index (χ4v) is 2.83. The largest absolute Gasteiger partial charge is 0.352 e. The van der Waals surface area contributed by atoms with Gasteiger partial charge in [0.15, 0.2) is 0 Å². The molecule has 3 aromatic rings. The lowest BCUT2D eigenvalue weighted by atomic mass is 10.1. The highest BCUT2D eigenvalue weighted by Crippen LogP contribution is 2.20. The number of hydrogen-bond donors (Lipinski definition) is 2. The molecule has 2 amide bonds. The van der Waals surface area contributed by atoms with Gasteiger partial charge in [-0.05, 0) is 62.7 Å². The van der Waals surface area contributed by atoms with Crippen molar-refractivity contribution in [1.29, 1.82) is 0 Å². The first-order valence-electron chi connectivity index (χ1n) is 8.91. The van der Waals surface area contributed by atoms with Gasteiger partial charge in [-0.15, -0.1) is 0 Å². The lowest BCUT2D eigenvalue weighted by Crippen LogP contribution is -2.23. The van der Waals surface area contributed by atoms with E-state index in [1.807, 2.05) is 13.8 Å². The molecule has 6 nitrogen and oxygen atoms in total. The fraction of sp³-hybridized carbons (Fsp3) is 0.190. The summed E-state index contributed by atoms with van der Waals surface area (Å²) < 4.78 is 14.7. The van der Waals surface area contributed by atoms with E-state index in [-0.39, 0.29) is 17.6 Å². The molecule has 0 spiro atoms. The first-order valence-corrected chi connectivity index (χ1v) is 8.91. The van der Waals surface area contributed by atoms with Crippen molar-refractivity contribution in [2.24, 2.45) is 0 Å². The standard InChI is InChI=1S/C21H21FN4O2/c1-4-23-20(27)15-6-5-13(2)19(11-15)25-21(28)18-12-24-26(14(18)3)17-9-7-16(22)8-10-17/h5-12H,4H2,1-3H3,(H,23,27)(H,25,28). The van der Waals surface area contributed by atoms with Crippen molar-refractivity contribution in [1.82, 2.24) is 15.1 Å². The van der Waals surface area contributed by atoms with Crippen LogP contribution in [0, 0.1) is 19.7 Å². The number of rotatable bonds is 5. The molecule has 0 saturated heterocycles. The molecule has 0 unspecified atom stereocenters. The maximum atomic E-state index is 13.1. The number of hydrogen-bond acceptors (Lipinski definition) is 3. The van der Waals surface area contributed by atoms with Crippen LogP contribution >= 0.6 is 0 Å². The van der Waals surface area contributed by atoms with Crippen LogP contribution in [0.1, 0.15) is 38.9 Å². The van der Waals surface area contributed by atoms with Crippen molar-refractivity contribution < 1.29 is 14.0 Å². The number of benzene rings is 2. The van der Waals surface area contributed by atoms with Crippen molar-refractivity contribution in [3.05, 3.63) is 76.9 Å². The van der Waals surface area contributed by atoms with Crippen LogP contribution in [0.15, 0.2) is 48.7 Å². The van der Waals surface area contributed by atoms with E-state index in [0.29, 0.717) is 34.7 Å². The Bertz CT molecular complexity index is 1030. The SMILES string of the molecule is CCNC(=O)c1ccc(C)c(NC(=O)c2cnn(-c3ccc(F)cc3)c2C)c1. The van der Waals surface area contributed by atoms with Crippen LogP contribution in [-0.4, -0.2) is 28.1 Å². The molecule has 7 heteroatoms. The molecule has 0 bridgehead atoms. The number of nitrogens with one attached hydrogen (secondary N) is 2. The number of carbonyl (C=O) groups excluding carboxylic acids is 2. The summed E-state index contributed by atoms with van der Waals surface area (Å²) in [6.45, 7) is 5.99. The summed E-state index contributed by atoms with van der Waals surface area (Å²) >= 11 is 0. The zero-order chi connectivity index (χ0) is 20.3. The molecule has 0 aliphatic rings. The quantitative estimate of drug-likeness (QED) is 0.710. The Hall–Kier alpha value is -3.48. The van der Waals surface area contributed by atoms with E-state index in [4.69, 9.17) is 0 Å². The van der Waals surface area contributed by atoms with Crippen LogP contribution in [0.5, 0.6) is 0 Å². The molecule has 1 aromatic heterocycles. The van der Waals surface area contributed by atoms with E-state index in [1.54, 1.807) is 41.9 Å². The number of carbonyl (C=O) groups is 2. The lowest BCUT2D eigenvalue weighted by Gasteiger charge is -2.11. The van der Waals surface area contributed by atoms with Crippen LogP contribution in [0.3, 0.4) is 0 Å². The number of aromatic nitrogens is 2. The highest BCUT2D eigenvalue weighted by Gasteiger charge is 2.17. The number of aryl methyl sites for hydroxylation is 1. The summed E-state index contributed by atoms with van der Waals surface area (Å²) in [4.78, 5) is 24.8. The molecule has 0 radical (unpaired) electrons. The molecule has 144 valence electrons. The Morgan fingerprint density at radius 3 is 2.46 bits per heavy atom. The van der Waals surface area contributed by atoms with Gasteiger partial charge in [-0.3, -0.25) is 9.59 Å². The van der Waals surface area contributed by atoms with E-state index >= 15 is 0 Å².